The second-order valence-electron chi connectivity index (χ2n) is 4.71. The van der Waals surface area contributed by atoms with Crippen molar-refractivity contribution >= 4 is 39.6 Å². The summed E-state index contributed by atoms with van der Waals surface area (Å²) in [5, 5.41) is 13.1. The van der Waals surface area contributed by atoms with Crippen LogP contribution in [0.15, 0.2) is 11.3 Å². The average Bonchev–Trinajstić information content (AvgIpc) is 2.41. The summed E-state index contributed by atoms with van der Waals surface area (Å²) in [7, 11) is -4.41. The van der Waals surface area contributed by atoms with Crippen molar-refractivity contribution in [2.75, 3.05) is 12.4 Å². The third-order valence-corrected chi connectivity index (χ3v) is 6.17. The summed E-state index contributed by atoms with van der Waals surface area (Å²) < 4.78 is 27.8. The molecule has 122 valence electrons. The van der Waals surface area contributed by atoms with E-state index in [1.54, 1.807) is 0 Å². The molecule has 22 heavy (non-hydrogen) atoms. The zero-order valence-corrected chi connectivity index (χ0v) is 12.9. The Morgan fingerprint density at radius 1 is 1.55 bits per heavy atom. The van der Waals surface area contributed by atoms with Gasteiger partial charge in [-0.15, -0.1) is 11.8 Å². The summed E-state index contributed by atoms with van der Waals surface area (Å²) in [6.45, 7) is 0.841. The van der Waals surface area contributed by atoms with Crippen molar-refractivity contribution in [1.29, 1.82) is 0 Å². The van der Waals surface area contributed by atoms with E-state index in [0.717, 1.165) is 23.6 Å². The van der Waals surface area contributed by atoms with Crippen LogP contribution >= 0.6 is 11.8 Å². The van der Waals surface area contributed by atoms with E-state index in [0.29, 0.717) is 0 Å². The van der Waals surface area contributed by atoms with Crippen molar-refractivity contribution in [2.24, 2.45) is 10.9 Å². The highest BCUT2D eigenvalue weighted by atomic mass is 32.2. The smallest absolute Gasteiger partial charge is 0.352 e. The van der Waals surface area contributed by atoms with Gasteiger partial charge in [-0.25, -0.2) is 18.4 Å². The zero-order chi connectivity index (χ0) is 16.9. The highest BCUT2D eigenvalue weighted by Gasteiger charge is 2.69. The van der Waals surface area contributed by atoms with E-state index in [-0.39, 0.29) is 17.9 Å². The Kier molecular flexibility index (Phi) is 3.97. The summed E-state index contributed by atoms with van der Waals surface area (Å²) in [5.41, 5.74) is 5.33. The van der Waals surface area contributed by atoms with Crippen LogP contribution < -0.4 is 10.9 Å². The highest BCUT2D eigenvalue weighted by Crippen LogP contribution is 2.46. The van der Waals surface area contributed by atoms with Crippen LogP contribution in [-0.4, -0.2) is 58.9 Å². The molecule has 0 bridgehead atoms. The number of primary sulfonamides is 1. The van der Waals surface area contributed by atoms with E-state index in [9.17, 15) is 27.9 Å². The van der Waals surface area contributed by atoms with Gasteiger partial charge in [0.25, 0.3) is 5.91 Å². The molecule has 0 aromatic carbocycles. The van der Waals surface area contributed by atoms with Gasteiger partial charge in [-0.05, 0) is 0 Å². The predicted octanol–water partition coefficient (Wildman–Crippen LogP) is -2.25. The monoisotopic (exact) mass is 351 g/mol. The predicted molar refractivity (Wildman–Crippen MR) is 74.4 cm³/mol. The lowest BCUT2D eigenvalue weighted by Crippen LogP contribution is -2.82. The zero-order valence-electron chi connectivity index (χ0n) is 11.3. The molecule has 5 N–H and O–H groups in total. The van der Waals surface area contributed by atoms with Gasteiger partial charge >= 0.3 is 11.9 Å². The van der Waals surface area contributed by atoms with Gasteiger partial charge in [0.1, 0.15) is 17.7 Å². The molecule has 1 fully saturated rings. The SMILES string of the molecule is CC(=O)OCC1=C(C(=O)O)N2C(=O)C(N)(S(N)(=O)=O)[C@H]2SC1. The van der Waals surface area contributed by atoms with Gasteiger partial charge in [0.05, 0.1) is 0 Å². The number of sulfonamides is 1. The lowest BCUT2D eigenvalue weighted by molar-refractivity contribution is -0.150. The number of carboxylic acid groups (broad SMARTS) is 1. The molecule has 2 heterocycles. The van der Waals surface area contributed by atoms with Crippen molar-refractivity contribution in [3.8, 4) is 0 Å². The normalized spacial score (nSPS) is 28.0. The number of thioether (sulfide) groups is 1. The lowest BCUT2D eigenvalue weighted by atomic mass is 10.0. The third-order valence-electron chi connectivity index (χ3n) is 3.27. The van der Waals surface area contributed by atoms with E-state index in [1.807, 2.05) is 0 Å². The number of ether oxygens (including phenoxy) is 1. The fourth-order valence-corrected chi connectivity index (χ4v) is 4.79. The van der Waals surface area contributed by atoms with Gasteiger partial charge < -0.3 is 15.6 Å². The summed E-state index contributed by atoms with van der Waals surface area (Å²) in [6, 6.07) is 0. The van der Waals surface area contributed by atoms with Gasteiger partial charge in [-0.1, -0.05) is 0 Å². The fraction of sp³-hybridized carbons (Fsp3) is 0.500. The highest BCUT2D eigenvalue weighted by molar-refractivity contribution is 8.02. The molecule has 2 atom stereocenters. The number of aliphatic carboxylic acids is 1. The van der Waals surface area contributed by atoms with Crippen molar-refractivity contribution in [1.82, 2.24) is 4.90 Å². The Hall–Kier alpha value is -1.63. The standard InChI is InChI=1S/C10H13N3O7S2/c1-4(14)20-2-5-3-21-9-10(11,22(12,18)19)8(17)13(9)6(5)7(15)16/h9H,2-3,11H2,1H3,(H,15,16)(H2,12,18,19)/t9-,10?/m1/s1. The molecule has 1 saturated heterocycles. The molecule has 2 rings (SSSR count). The Labute approximate surface area is 129 Å². The molecule has 2 aliphatic rings. The number of carbonyl (C=O) groups excluding carboxylic acids is 2. The van der Waals surface area contributed by atoms with Crippen LogP contribution in [0.5, 0.6) is 0 Å². The summed E-state index contributed by atoms with van der Waals surface area (Å²) in [4.78, 5) is 32.7. The molecule has 0 aliphatic carbocycles. The van der Waals surface area contributed by atoms with Crippen LogP contribution in [0, 0.1) is 0 Å². The van der Waals surface area contributed by atoms with Crippen LogP contribution in [0.3, 0.4) is 0 Å². The van der Waals surface area contributed by atoms with Crippen LogP contribution in [0.4, 0.5) is 0 Å². The van der Waals surface area contributed by atoms with E-state index in [1.165, 1.54) is 0 Å². The summed E-state index contributed by atoms with van der Waals surface area (Å²) in [6.07, 6.45) is 0. The number of hydrogen-bond acceptors (Lipinski definition) is 8. The summed E-state index contributed by atoms with van der Waals surface area (Å²) >= 11 is 0.940. The van der Waals surface area contributed by atoms with E-state index < -0.39 is 43.8 Å². The largest absolute Gasteiger partial charge is 0.477 e. The van der Waals surface area contributed by atoms with E-state index in [2.05, 4.69) is 0 Å². The van der Waals surface area contributed by atoms with Gasteiger partial charge in [0, 0.05) is 18.2 Å². The number of nitrogens with zero attached hydrogens (tertiary/aromatic N) is 1. The van der Waals surface area contributed by atoms with Gasteiger partial charge in [0.2, 0.25) is 14.9 Å². The Bertz CT molecular complexity index is 701. The average molecular weight is 351 g/mol. The minimum Gasteiger partial charge on any atom is -0.477 e. The van der Waals surface area contributed by atoms with Gasteiger partial charge in [-0.3, -0.25) is 14.5 Å². The third kappa shape index (κ3) is 2.27. The van der Waals surface area contributed by atoms with Crippen LogP contribution in [0.2, 0.25) is 0 Å². The molecule has 0 spiro atoms. The molecule has 0 aromatic heterocycles. The Morgan fingerprint density at radius 2 is 2.14 bits per heavy atom. The number of nitrogens with two attached hydrogens (primary N) is 2. The molecule has 10 nitrogen and oxygen atoms in total. The first-order valence-corrected chi connectivity index (χ1v) is 8.46. The molecular weight excluding hydrogens is 338 g/mol. The molecule has 0 aromatic rings. The van der Waals surface area contributed by atoms with Crippen LogP contribution in [0.1, 0.15) is 6.92 Å². The maximum Gasteiger partial charge on any atom is 0.352 e. The number of esters is 1. The molecule has 12 heteroatoms. The van der Waals surface area contributed by atoms with E-state index in [4.69, 9.17) is 15.6 Å². The van der Waals surface area contributed by atoms with E-state index >= 15 is 0 Å². The van der Waals surface area contributed by atoms with Crippen LogP contribution in [-0.2, 0) is 29.1 Å². The maximum atomic E-state index is 12.1. The van der Waals surface area contributed by atoms with Crippen molar-refractivity contribution in [3.05, 3.63) is 11.3 Å². The number of amides is 1. The Morgan fingerprint density at radius 3 is 2.59 bits per heavy atom. The van der Waals surface area contributed by atoms with Crippen molar-refractivity contribution in [2.45, 2.75) is 17.2 Å². The minimum absolute atomic E-state index is 0.0395. The topological polar surface area (TPSA) is 170 Å². The van der Waals surface area contributed by atoms with Crippen molar-refractivity contribution < 1.29 is 32.6 Å². The molecule has 0 saturated carbocycles. The molecule has 1 unspecified atom stereocenters. The van der Waals surface area contributed by atoms with Gasteiger partial charge in [-0.2, -0.15) is 0 Å². The van der Waals surface area contributed by atoms with Gasteiger partial charge in [0.15, 0.2) is 0 Å². The number of hydrogen-bond donors (Lipinski definition) is 3. The fourth-order valence-electron chi connectivity index (χ4n) is 2.18. The molecule has 1 amide bonds. The number of rotatable bonds is 4. The lowest BCUT2D eigenvalue weighted by Gasteiger charge is -2.53. The molecule has 0 radical (unpaired) electrons. The molecular formula is C10H13N3O7S2. The van der Waals surface area contributed by atoms with Crippen molar-refractivity contribution in [3.63, 3.8) is 0 Å². The number of β-lactam (4-membered cyclic amide) rings is 1. The first-order chi connectivity index (χ1) is 10.0. The maximum absolute atomic E-state index is 12.1. The number of carboxylic acids is 1. The quantitative estimate of drug-likeness (QED) is 0.374. The number of carbonyl (C=O) groups is 3. The second-order valence-corrected chi connectivity index (χ2v) is 7.55. The van der Waals surface area contributed by atoms with Crippen LogP contribution in [0.25, 0.3) is 0 Å². The second kappa shape index (κ2) is 5.22. The minimum atomic E-state index is -4.41. The number of fused-ring (bicyclic) bond motifs is 1. The Balaban J connectivity index is 2.41. The first-order valence-electron chi connectivity index (χ1n) is 5.87. The molecule has 2 aliphatic heterocycles. The summed E-state index contributed by atoms with van der Waals surface area (Å²) in [5.74, 6) is -3.14. The first kappa shape index (κ1) is 16.7.